The van der Waals surface area contributed by atoms with Crippen molar-refractivity contribution in [2.45, 2.75) is 0 Å². The van der Waals surface area contributed by atoms with Crippen molar-refractivity contribution in [3.05, 3.63) is 101 Å². The molecular formula is C24H17N3O2. The lowest BCUT2D eigenvalue weighted by Gasteiger charge is -2.06. The third kappa shape index (κ3) is 2.99. The number of aromatic nitrogens is 3. The first-order valence-electron chi connectivity index (χ1n) is 9.26. The number of phenols is 1. The smallest absolute Gasteiger partial charge is 0.261 e. The quantitative estimate of drug-likeness (QED) is 0.475. The number of aromatic amines is 1. The number of hydrogen-bond acceptors (Lipinski definition) is 3. The highest BCUT2D eigenvalue weighted by molar-refractivity contribution is 5.95. The number of nitrogens with one attached hydrogen (secondary N) is 1. The highest BCUT2D eigenvalue weighted by atomic mass is 16.3. The van der Waals surface area contributed by atoms with E-state index >= 15 is 0 Å². The Morgan fingerprint density at radius 3 is 2.14 bits per heavy atom. The lowest BCUT2D eigenvalue weighted by Crippen LogP contribution is -2.10. The normalized spacial score (nSPS) is 11.0. The molecule has 0 unspecified atom stereocenters. The fraction of sp³-hybridized carbons (Fsp3) is 0. The van der Waals surface area contributed by atoms with Crippen LogP contribution >= 0.6 is 0 Å². The van der Waals surface area contributed by atoms with Crippen LogP contribution in [0.5, 0.6) is 5.75 Å². The molecule has 0 radical (unpaired) electrons. The molecule has 2 N–H and O–H groups in total. The van der Waals surface area contributed by atoms with Crippen LogP contribution in [0.3, 0.4) is 0 Å². The van der Waals surface area contributed by atoms with Gasteiger partial charge >= 0.3 is 0 Å². The third-order valence-corrected chi connectivity index (χ3v) is 4.92. The van der Waals surface area contributed by atoms with Crippen LogP contribution in [0, 0.1) is 0 Å². The second kappa shape index (κ2) is 6.80. The monoisotopic (exact) mass is 379 g/mol. The summed E-state index contributed by atoms with van der Waals surface area (Å²) in [5.74, 6) is 0.703. The van der Waals surface area contributed by atoms with Gasteiger partial charge in [-0.25, -0.2) is 4.98 Å². The molecule has 0 bridgehead atoms. The van der Waals surface area contributed by atoms with Gasteiger partial charge in [0, 0.05) is 23.0 Å². The van der Waals surface area contributed by atoms with E-state index in [0.29, 0.717) is 16.9 Å². The Morgan fingerprint density at radius 1 is 0.793 bits per heavy atom. The number of H-pyrrole nitrogens is 1. The number of aromatic hydroxyl groups is 1. The number of nitrogens with zero attached hydrogens (tertiary/aromatic N) is 2. The van der Waals surface area contributed by atoms with Gasteiger partial charge in [0.1, 0.15) is 11.6 Å². The minimum absolute atomic E-state index is 0.180. The molecule has 5 heteroatoms. The van der Waals surface area contributed by atoms with Crippen LogP contribution < -0.4 is 5.56 Å². The van der Waals surface area contributed by atoms with Crippen molar-refractivity contribution in [1.82, 2.24) is 14.5 Å². The van der Waals surface area contributed by atoms with E-state index in [-0.39, 0.29) is 11.3 Å². The Labute approximate surface area is 166 Å². The molecule has 5 nitrogen and oxygen atoms in total. The summed E-state index contributed by atoms with van der Waals surface area (Å²) < 4.78 is 1.93. The van der Waals surface area contributed by atoms with Gasteiger partial charge in [-0.2, -0.15) is 0 Å². The first-order chi connectivity index (χ1) is 14.2. The minimum Gasteiger partial charge on any atom is -0.508 e. The predicted molar refractivity (Wildman–Crippen MR) is 114 cm³/mol. The third-order valence-electron chi connectivity index (χ3n) is 4.92. The zero-order valence-corrected chi connectivity index (χ0v) is 15.4. The first kappa shape index (κ1) is 17.0. The first-order valence-corrected chi connectivity index (χ1v) is 9.26. The summed E-state index contributed by atoms with van der Waals surface area (Å²) in [4.78, 5) is 20.8. The van der Waals surface area contributed by atoms with E-state index in [0.717, 1.165) is 22.4 Å². The molecule has 2 heterocycles. The summed E-state index contributed by atoms with van der Waals surface area (Å²) in [6, 6.07) is 26.2. The standard InChI is InChI=1S/C24H17N3O2/c28-19-13-11-16(12-14-19)20-15-27(18-9-5-2-6-10-18)23-21(20)24(29)26-22(25-23)17-7-3-1-4-8-17/h1-15,28H,(H,25,26,29). The Morgan fingerprint density at radius 2 is 1.45 bits per heavy atom. The van der Waals surface area contributed by atoms with Crippen molar-refractivity contribution in [1.29, 1.82) is 0 Å². The number of fused-ring (bicyclic) bond motifs is 1. The molecule has 0 saturated heterocycles. The van der Waals surface area contributed by atoms with Gasteiger partial charge in [-0.15, -0.1) is 0 Å². The Kier molecular flexibility index (Phi) is 3.99. The Bertz CT molecular complexity index is 1350. The molecule has 0 amide bonds. The van der Waals surface area contributed by atoms with E-state index in [1.807, 2.05) is 71.4 Å². The molecule has 0 aliphatic carbocycles. The van der Waals surface area contributed by atoms with E-state index < -0.39 is 0 Å². The van der Waals surface area contributed by atoms with E-state index in [1.54, 1.807) is 24.3 Å². The second-order valence-electron chi connectivity index (χ2n) is 6.77. The molecule has 29 heavy (non-hydrogen) atoms. The summed E-state index contributed by atoms with van der Waals surface area (Å²) in [5.41, 5.74) is 3.74. The largest absolute Gasteiger partial charge is 0.508 e. The molecule has 0 fully saturated rings. The summed E-state index contributed by atoms with van der Waals surface area (Å²) in [5, 5.41) is 10.1. The van der Waals surface area contributed by atoms with Crippen molar-refractivity contribution >= 4 is 11.0 Å². The number of benzene rings is 3. The van der Waals surface area contributed by atoms with Crippen molar-refractivity contribution < 1.29 is 5.11 Å². The molecule has 5 aromatic rings. The van der Waals surface area contributed by atoms with E-state index in [4.69, 9.17) is 4.98 Å². The van der Waals surface area contributed by atoms with Crippen LogP contribution in [0.15, 0.2) is 95.9 Å². The van der Waals surface area contributed by atoms with Crippen LogP contribution in [-0.4, -0.2) is 19.6 Å². The molecule has 0 aliphatic rings. The highest BCUT2D eigenvalue weighted by Crippen LogP contribution is 2.31. The number of hydrogen-bond donors (Lipinski definition) is 2. The summed E-state index contributed by atoms with van der Waals surface area (Å²) in [6.45, 7) is 0. The predicted octanol–water partition coefficient (Wildman–Crippen LogP) is 4.75. The fourth-order valence-corrected chi connectivity index (χ4v) is 3.51. The molecule has 3 aromatic carbocycles. The summed E-state index contributed by atoms with van der Waals surface area (Å²) >= 11 is 0. The molecule has 140 valence electrons. The van der Waals surface area contributed by atoms with E-state index in [2.05, 4.69) is 4.98 Å². The zero-order chi connectivity index (χ0) is 19.8. The molecule has 2 aromatic heterocycles. The van der Waals surface area contributed by atoms with Gasteiger partial charge in [0.2, 0.25) is 0 Å². The molecule has 0 spiro atoms. The number of phenolic OH excluding ortho intramolecular Hbond substituents is 1. The lowest BCUT2D eigenvalue weighted by molar-refractivity contribution is 0.475. The topological polar surface area (TPSA) is 70.9 Å². The van der Waals surface area contributed by atoms with Gasteiger partial charge in [-0.1, -0.05) is 60.7 Å². The maximum Gasteiger partial charge on any atom is 0.261 e. The Hall–Kier alpha value is -4.12. The average molecular weight is 379 g/mol. The Balaban J connectivity index is 1.83. The van der Waals surface area contributed by atoms with Crippen LogP contribution in [0.4, 0.5) is 0 Å². The van der Waals surface area contributed by atoms with Gasteiger partial charge in [0.05, 0.1) is 5.39 Å². The zero-order valence-electron chi connectivity index (χ0n) is 15.4. The van der Waals surface area contributed by atoms with Gasteiger partial charge in [-0.3, -0.25) is 4.79 Å². The van der Waals surface area contributed by atoms with Gasteiger partial charge in [-0.05, 0) is 29.8 Å². The molecular weight excluding hydrogens is 362 g/mol. The summed E-state index contributed by atoms with van der Waals surface area (Å²) in [6.07, 6.45) is 1.92. The maximum absolute atomic E-state index is 13.1. The minimum atomic E-state index is -0.202. The van der Waals surface area contributed by atoms with Gasteiger partial charge < -0.3 is 14.7 Å². The van der Waals surface area contributed by atoms with Crippen LogP contribution in [-0.2, 0) is 0 Å². The number of rotatable bonds is 3. The number of para-hydroxylation sites is 1. The van der Waals surface area contributed by atoms with Gasteiger partial charge in [0.15, 0.2) is 5.65 Å². The van der Waals surface area contributed by atoms with Crippen molar-refractivity contribution in [3.63, 3.8) is 0 Å². The average Bonchev–Trinajstić information content (AvgIpc) is 3.16. The second-order valence-corrected chi connectivity index (χ2v) is 6.77. The van der Waals surface area contributed by atoms with Crippen LogP contribution in [0.2, 0.25) is 0 Å². The molecule has 5 rings (SSSR count). The maximum atomic E-state index is 13.1. The SMILES string of the molecule is O=c1[nH]c(-c2ccccc2)nc2c1c(-c1ccc(O)cc1)cn2-c1ccccc1. The van der Waals surface area contributed by atoms with E-state index in [1.165, 1.54) is 0 Å². The summed E-state index contributed by atoms with van der Waals surface area (Å²) in [7, 11) is 0. The van der Waals surface area contributed by atoms with Crippen molar-refractivity contribution in [2.24, 2.45) is 0 Å². The van der Waals surface area contributed by atoms with Crippen molar-refractivity contribution in [3.8, 4) is 34.0 Å². The molecule has 0 saturated carbocycles. The highest BCUT2D eigenvalue weighted by Gasteiger charge is 2.18. The van der Waals surface area contributed by atoms with Crippen molar-refractivity contribution in [2.75, 3.05) is 0 Å². The van der Waals surface area contributed by atoms with Crippen LogP contribution in [0.25, 0.3) is 39.2 Å². The van der Waals surface area contributed by atoms with Gasteiger partial charge in [0.25, 0.3) is 5.56 Å². The lowest BCUT2D eigenvalue weighted by atomic mass is 10.1. The molecule has 0 atom stereocenters. The van der Waals surface area contributed by atoms with E-state index in [9.17, 15) is 9.90 Å². The molecule has 0 aliphatic heterocycles. The fourth-order valence-electron chi connectivity index (χ4n) is 3.51. The van der Waals surface area contributed by atoms with Crippen LogP contribution in [0.1, 0.15) is 0 Å².